The van der Waals surface area contributed by atoms with Gasteiger partial charge in [-0.3, -0.25) is 0 Å². The Morgan fingerprint density at radius 1 is 1.25 bits per heavy atom. The fourth-order valence-electron chi connectivity index (χ4n) is 2.72. The van der Waals surface area contributed by atoms with Crippen molar-refractivity contribution in [3.05, 3.63) is 42.0 Å². The van der Waals surface area contributed by atoms with Crippen LogP contribution >= 0.6 is 0 Å². The van der Waals surface area contributed by atoms with Crippen LogP contribution in [-0.4, -0.2) is 19.3 Å². The predicted octanol–water partition coefficient (Wildman–Crippen LogP) is 3.42. The van der Waals surface area contributed by atoms with Crippen molar-refractivity contribution in [2.45, 2.75) is 31.9 Å². The minimum atomic E-state index is -0.0425. The Labute approximate surface area is 119 Å². The normalized spacial score (nSPS) is 20.8. The second-order valence-electron chi connectivity index (χ2n) is 5.45. The number of fused-ring (bicyclic) bond motifs is 1. The van der Waals surface area contributed by atoms with Crippen LogP contribution in [0.4, 0.5) is 0 Å². The largest absolute Gasteiger partial charge is 0.487 e. The molecule has 1 saturated heterocycles. The highest BCUT2D eigenvalue weighted by molar-refractivity contribution is 5.89. The Kier molecular flexibility index (Phi) is 3.90. The average molecular weight is 271 g/mol. The van der Waals surface area contributed by atoms with Gasteiger partial charge in [0.2, 0.25) is 0 Å². The van der Waals surface area contributed by atoms with Crippen molar-refractivity contribution in [3.63, 3.8) is 0 Å². The van der Waals surface area contributed by atoms with E-state index < -0.39 is 0 Å². The van der Waals surface area contributed by atoms with Crippen LogP contribution in [0.25, 0.3) is 10.8 Å². The standard InChI is InChI=1S/C17H21NO2/c1-12(18)15-9-8-13-5-2-3-7-16(13)17(15)20-14-6-4-10-19-11-14/h2-3,5,7-9,12,14H,4,6,10-11,18H2,1H3/t12-,14?/m0/s1. The third kappa shape index (κ3) is 2.65. The van der Waals surface area contributed by atoms with E-state index in [9.17, 15) is 0 Å². The fraction of sp³-hybridized carbons (Fsp3) is 0.412. The van der Waals surface area contributed by atoms with Gasteiger partial charge < -0.3 is 15.2 Å². The van der Waals surface area contributed by atoms with E-state index in [0.29, 0.717) is 6.61 Å². The van der Waals surface area contributed by atoms with Gasteiger partial charge in [-0.1, -0.05) is 36.4 Å². The van der Waals surface area contributed by atoms with Gasteiger partial charge in [0.25, 0.3) is 0 Å². The van der Waals surface area contributed by atoms with Crippen LogP contribution in [0, 0.1) is 0 Å². The van der Waals surface area contributed by atoms with Crippen LogP contribution in [0.2, 0.25) is 0 Å². The lowest BCUT2D eigenvalue weighted by molar-refractivity contribution is 0.00761. The zero-order chi connectivity index (χ0) is 13.9. The molecule has 0 aromatic heterocycles. The molecule has 106 valence electrons. The first-order valence-corrected chi connectivity index (χ1v) is 7.27. The van der Waals surface area contributed by atoms with Gasteiger partial charge in [0.05, 0.1) is 6.61 Å². The van der Waals surface area contributed by atoms with Crippen LogP contribution in [0.3, 0.4) is 0 Å². The molecule has 1 fully saturated rings. The van der Waals surface area contributed by atoms with Gasteiger partial charge in [-0.25, -0.2) is 0 Å². The van der Waals surface area contributed by atoms with Gasteiger partial charge >= 0.3 is 0 Å². The van der Waals surface area contributed by atoms with Crippen LogP contribution < -0.4 is 10.5 Å². The maximum absolute atomic E-state index is 6.26. The highest BCUT2D eigenvalue weighted by Gasteiger charge is 2.19. The SMILES string of the molecule is C[C@H](N)c1ccc2ccccc2c1OC1CCCOC1. The summed E-state index contributed by atoms with van der Waals surface area (Å²) >= 11 is 0. The van der Waals surface area contributed by atoms with E-state index in [1.165, 1.54) is 5.39 Å². The molecular weight excluding hydrogens is 250 g/mol. The average Bonchev–Trinajstić information content (AvgIpc) is 2.48. The lowest BCUT2D eigenvalue weighted by atomic mass is 10.0. The van der Waals surface area contributed by atoms with Crippen LogP contribution in [0.5, 0.6) is 5.75 Å². The quantitative estimate of drug-likeness (QED) is 0.930. The zero-order valence-corrected chi connectivity index (χ0v) is 11.8. The Hall–Kier alpha value is -1.58. The molecule has 2 N–H and O–H groups in total. The summed E-state index contributed by atoms with van der Waals surface area (Å²) in [5.41, 5.74) is 7.16. The van der Waals surface area contributed by atoms with Gasteiger partial charge in [0, 0.05) is 23.6 Å². The molecule has 0 saturated carbocycles. The summed E-state index contributed by atoms with van der Waals surface area (Å²) in [4.78, 5) is 0. The Balaban J connectivity index is 2.02. The smallest absolute Gasteiger partial charge is 0.132 e. The van der Waals surface area contributed by atoms with Crippen molar-refractivity contribution >= 4 is 10.8 Å². The molecule has 1 heterocycles. The molecule has 3 rings (SSSR count). The summed E-state index contributed by atoms with van der Waals surface area (Å²) in [5, 5.41) is 2.32. The van der Waals surface area contributed by atoms with Crippen molar-refractivity contribution in [1.82, 2.24) is 0 Å². The number of hydrogen-bond acceptors (Lipinski definition) is 3. The van der Waals surface area contributed by atoms with Crippen LogP contribution in [-0.2, 0) is 4.74 Å². The number of ether oxygens (including phenoxy) is 2. The topological polar surface area (TPSA) is 44.5 Å². The molecule has 3 heteroatoms. The Morgan fingerprint density at radius 2 is 2.10 bits per heavy atom. The molecule has 2 aromatic rings. The van der Waals surface area contributed by atoms with Crippen molar-refractivity contribution in [1.29, 1.82) is 0 Å². The van der Waals surface area contributed by atoms with E-state index in [-0.39, 0.29) is 12.1 Å². The molecule has 0 radical (unpaired) electrons. The molecular formula is C17H21NO2. The van der Waals surface area contributed by atoms with E-state index in [4.69, 9.17) is 15.2 Å². The molecule has 0 aliphatic carbocycles. The number of benzene rings is 2. The first-order chi connectivity index (χ1) is 9.75. The van der Waals surface area contributed by atoms with Crippen LogP contribution in [0.15, 0.2) is 36.4 Å². The summed E-state index contributed by atoms with van der Waals surface area (Å²) in [7, 11) is 0. The van der Waals surface area contributed by atoms with Gasteiger partial charge in [0.15, 0.2) is 0 Å². The summed E-state index contributed by atoms with van der Waals surface area (Å²) < 4.78 is 11.8. The zero-order valence-electron chi connectivity index (χ0n) is 11.8. The van der Waals surface area contributed by atoms with Gasteiger partial charge in [0.1, 0.15) is 11.9 Å². The highest BCUT2D eigenvalue weighted by Crippen LogP contribution is 2.34. The van der Waals surface area contributed by atoms with E-state index >= 15 is 0 Å². The summed E-state index contributed by atoms with van der Waals surface area (Å²) in [6.07, 6.45) is 2.23. The number of hydrogen-bond donors (Lipinski definition) is 1. The molecule has 1 aliphatic heterocycles. The van der Waals surface area contributed by atoms with Crippen molar-refractivity contribution in [2.75, 3.05) is 13.2 Å². The first-order valence-electron chi connectivity index (χ1n) is 7.27. The Bertz CT molecular complexity index is 589. The third-order valence-corrected chi connectivity index (χ3v) is 3.80. The third-order valence-electron chi connectivity index (χ3n) is 3.80. The molecule has 0 amide bonds. The molecule has 0 bridgehead atoms. The molecule has 20 heavy (non-hydrogen) atoms. The van der Waals surface area contributed by atoms with Crippen molar-refractivity contribution in [2.24, 2.45) is 5.73 Å². The fourth-order valence-corrected chi connectivity index (χ4v) is 2.72. The monoisotopic (exact) mass is 271 g/mol. The minimum absolute atomic E-state index is 0.0425. The minimum Gasteiger partial charge on any atom is -0.487 e. The van der Waals surface area contributed by atoms with E-state index in [2.05, 4.69) is 24.3 Å². The van der Waals surface area contributed by atoms with Crippen molar-refractivity contribution in [3.8, 4) is 5.75 Å². The molecule has 1 aliphatic rings. The summed E-state index contributed by atoms with van der Waals surface area (Å²) in [5.74, 6) is 0.925. The maximum atomic E-state index is 6.26. The lowest BCUT2D eigenvalue weighted by Gasteiger charge is -2.26. The van der Waals surface area contributed by atoms with E-state index in [1.807, 2.05) is 19.1 Å². The molecule has 0 spiro atoms. The molecule has 2 aromatic carbocycles. The predicted molar refractivity (Wildman–Crippen MR) is 81.0 cm³/mol. The summed E-state index contributed by atoms with van der Waals surface area (Å²) in [6.45, 7) is 3.51. The van der Waals surface area contributed by atoms with E-state index in [0.717, 1.165) is 36.1 Å². The Morgan fingerprint density at radius 3 is 2.85 bits per heavy atom. The van der Waals surface area contributed by atoms with Gasteiger partial charge in [-0.2, -0.15) is 0 Å². The number of rotatable bonds is 3. The molecule has 1 unspecified atom stereocenters. The lowest BCUT2D eigenvalue weighted by Crippen LogP contribution is -2.28. The van der Waals surface area contributed by atoms with Gasteiger partial charge in [-0.05, 0) is 25.2 Å². The van der Waals surface area contributed by atoms with Crippen LogP contribution in [0.1, 0.15) is 31.4 Å². The number of nitrogens with two attached hydrogens (primary N) is 1. The second-order valence-corrected chi connectivity index (χ2v) is 5.45. The van der Waals surface area contributed by atoms with Crippen molar-refractivity contribution < 1.29 is 9.47 Å². The maximum Gasteiger partial charge on any atom is 0.132 e. The highest BCUT2D eigenvalue weighted by atomic mass is 16.5. The first kappa shape index (κ1) is 13.4. The van der Waals surface area contributed by atoms with Gasteiger partial charge in [-0.15, -0.1) is 0 Å². The molecule has 2 atom stereocenters. The molecule has 3 nitrogen and oxygen atoms in total. The second kappa shape index (κ2) is 5.81. The summed E-state index contributed by atoms with van der Waals surface area (Å²) in [6, 6.07) is 12.4. The van der Waals surface area contributed by atoms with E-state index in [1.54, 1.807) is 0 Å².